The molecule has 4 nitrogen and oxygen atoms in total. The highest BCUT2D eigenvalue weighted by Crippen LogP contribution is 2.70. The summed E-state index contributed by atoms with van der Waals surface area (Å²) in [6.45, 7) is 4.47. The summed E-state index contributed by atoms with van der Waals surface area (Å²) in [5, 5.41) is 0. The summed E-state index contributed by atoms with van der Waals surface area (Å²) in [7, 11) is 0. The zero-order valence-electron chi connectivity index (χ0n) is 20.6. The fraction of sp³-hybridized carbons (Fsp3) is 0.667. The number of hydrogen-bond acceptors (Lipinski definition) is 4. The van der Waals surface area contributed by atoms with Gasteiger partial charge in [-0.3, -0.25) is 0 Å². The van der Waals surface area contributed by atoms with Gasteiger partial charge in [0.2, 0.25) is 0 Å². The van der Waals surface area contributed by atoms with Crippen LogP contribution in [0.1, 0.15) is 90.9 Å². The van der Waals surface area contributed by atoms with E-state index < -0.39 is 5.41 Å². The van der Waals surface area contributed by atoms with Crippen LogP contribution >= 0.6 is 0 Å². The molecule has 1 spiro atoms. The van der Waals surface area contributed by atoms with Gasteiger partial charge in [0.05, 0.1) is 5.41 Å². The van der Waals surface area contributed by atoms with Crippen LogP contribution in [-0.4, -0.2) is 11.9 Å². The second-order valence-corrected chi connectivity index (χ2v) is 12.0. The summed E-state index contributed by atoms with van der Waals surface area (Å²) < 4.78 is 12.2. The average Bonchev–Trinajstić information content (AvgIpc) is 3.55. The summed E-state index contributed by atoms with van der Waals surface area (Å²) in [5.74, 6) is 2.71. The molecule has 5 atom stereocenters. The lowest BCUT2D eigenvalue weighted by Gasteiger charge is -2.55. The van der Waals surface area contributed by atoms with Crippen LogP contribution in [0.15, 0.2) is 46.0 Å². The Morgan fingerprint density at radius 1 is 1.03 bits per heavy atom. The molecule has 2 saturated carbocycles. The van der Waals surface area contributed by atoms with E-state index in [2.05, 4.69) is 26.0 Å². The minimum absolute atomic E-state index is 0.0255. The van der Waals surface area contributed by atoms with Crippen LogP contribution in [0.3, 0.4) is 0 Å². The first-order valence-electron chi connectivity index (χ1n) is 13.9. The van der Waals surface area contributed by atoms with Gasteiger partial charge in [0.15, 0.2) is 0 Å². The van der Waals surface area contributed by atoms with Crippen molar-refractivity contribution in [3.63, 3.8) is 0 Å². The Morgan fingerprint density at radius 3 is 2.62 bits per heavy atom. The molecule has 8 aliphatic rings. The predicted octanol–water partition coefficient (Wildman–Crippen LogP) is 6.69. The van der Waals surface area contributed by atoms with Crippen LogP contribution in [0.4, 0.5) is 0 Å². The molecule has 6 aliphatic carbocycles. The lowest BCUT2D eigenvalue weighted by Crippen LogP contribution is -2.51. The molecule has 2 bridgehead atoms. The third-order valence-electron chi connectivity index (χ3n) is 10.8. The normalized spacial score (nSPS) is 40.3. The average molecular weight is 461 g/mol. The van der Waals surface area contributed by atoms with Crippen molar-refractivity contribution in [2.75, 3.05) is 0 Å². The zero-order valence-corrected chi connectivity index (χ0v) is 20.6. The highest BCUT2D eigenvalue weighted by molar-refractivity contribution is 6.00. The highest BCUT2D eigenvalue weighted by Gasteiger charge is 2.67. The zero-order chi connectivity index (χ0) is 23.2. The molecule has 8 rings (SSSR count). The summed E-state index contributed by atoms with van der Waals surface area (Å²) in [6, 6.07) is 0. The molecule has 2 aliphatic heterocycles. The molecule has 1 saturated heterocycles. The molecular formula is C30H36O4. The lowest BCUT2D eigenvalue weighted by molar-refractivity contribution is -0.135. The maximum absolute atomic E-state index is 13.7. The Morgan fingerprint density at radius 2 is 1.85 bits per heavy atom. The van der Waals surface area contributed by atoms with Gasteiger partial charge in [0.1, 0.15) is 11.5 Å². The van der Waals surface area contributed by atoms with E-state index in [1.54, 1.807) is 0 Å². The van der Waals surface area contributed by atoms with Crippen molar-refractivity contribution in [1.82, 2.24) is 0 Å². The number of allylic oxidation sites excluding steroid dienone is 5. The second kappa shape index (κ2) is 7.21. The van der Waals surface area contributed by atoms with Gasteiger partial charge in [-0.05, 0) is 92.6 Å². The maximum Gasteiger partial charge on any atom is 0.340 e. The number of ether oxygens (including phenoxy) is 2. The van der Waals surface area contributed by atoms with Gasteiger partial charge in [-0.2, -0.15) is 0 Å². The first-order valence-corrected chi connectivity index (χ1v) is 13.9. The van der Waals surface area contributed by atoms with Crippen molar-refractivity contribution in [3.05, 3.63) is 46.0 Å². The number of unbranched alkanes of at least 4 members (excludes halogenated alkanes) is 1. The molecule has 0 aromatic rings. The standard InChI is InChI=1S/C30H36O4/c1-3-5-8-22-30-14-11-17(16-21(30)27(31)33-22)19-15-18-9-10-20(29(4-2)12-6-7-13-29)26-23(18)24(25(19)30)28(32)34-26/h8,16-19,25H,3-7,9-15H2,1-2H3. The topological polar surface area (TPSA) is 52.6 Å². The van der Waals surface area contributed by atoms with Crippen LogP contribution in [0.2, 0.25) is 0 Å². The van der Waals surface area contributed by atoms with Crippen LogP contribution < -0.4 is 0 Å². The van der Waals surface area contributed by atoms with E-state index in [0.717, 1.165) is 74.0 Å². The van der Waals surface area contributed by atoms with E-state index in [4.69, 9.17) is 9.47 Å². The number of carbonyl (C=O) groups excluding carboxylic acids is 2. The Bertz CT molecular complexity index is 1110. The molecule has 0 amide bonds. The molecule has 2 heterocycles. The summed E-state index contributed by atoms with van der Waals surface area (Å²) in [4.78, 5) is 26.8. The first kappa shape index (κ1) is 21.2. The molecule has 0 N–H and O–H groups in total. The lowest BCUT2D eigenvalue weighted by atomic mass is 9.45. The largest absolute Gasteiger partial charge is 0.427 e. The van der Waals surface area contributed by atoms with Crippen LogP contribution in [0.25, 0.3) is 0 Å². The molecular weight excluding hydrogens is 424 g/mol. The smallest absolute Gasteiger partial charge is 0.340 e. The fourth-order valence-electron chi connectivity index (χ4n) is 9.35. The van der Waals surface area contributed by atoms with Crippen LogP contribution in [0, 0.1) is 34.5 Å². The second-order valence-electron chi connectivity index (χ2n) is 12.0. The van der Waals surface area contributed by atoms with Crippen LogP contribution in [0.5, 0.6) is 0 Å². The van der Waals surface area contributed by atoms with Crippen molar-refractivity contribution >= 4 is 11.9 Å². The molecule has 5 unspecified atom stereocenters. The predicted molar refractivity (Wildman–Crippen MR) is 128 cm³/mol. The Balaban J connectivity index is 1.43. The van der Waals surface area contributed by atoms with Crippen molar-refractivity contribution in [3.8, 4) is 0 Å². The third kappa shape index (κ3) is 2.45. The maximum atomic E-state index is 13.7. The minimum Gasteiger partial charge on any atom is -0.427 e. The van der Waals surface area contributed by atoms with Gasteiger partial charge in [-0.15, -0.1) is 0 Å². The van der Waals surface area contributed by atoms with E-state index in [1.807, 2.05) is 0 Å². The van der Waals surface area contributed by atoms with E-state index >= 15 is 0 Å². The summed E-state index contributed by atoms with van der Waals surface area (Å²) in [5.41, 5.74) is 4.20. The number of rotatable bonds is 4. The number of carbonyl (C=O) groups is 2. The van der Waals surface area contributed by atoms with Crippen molar-refractivity contribution in [2.24, 2.45) is 34.5 Å². The Labute approximate surface area is 202 Å². The van der Waals surface area contributed by atoms with Crippen molar-refractivity contribution in [2.45, 2.75) is 90.9 Å². The van der Waals surface area contributed by atoms with Gasteiger partial charge in [0, 0.05) is 22.6 Å². The molecule has 3 fully saturated rings. The SMILES string of the molecule is CCCC=C1OC(=O)C2=CC3CCC12C1C2=C4C(=C(C5(CC)CCCC5)CCC4CC31)OC2=O. The van der Waals surface area contributed by atoms with Gasteiger partial charge < -0.3 is 9.47 Å². The van der Waals surface area contributed by atoms with Crippen LogP contribution in [-0.2, 0) is 19.1 Å². The Kier molecular flexibility index (Phi) is 4.50. The third-order valence-corrected chi connectivity index (χ3v) is 10.8. The van der Waals surface area contributed by atoms with E-state index in [9.17, 15) is 9.59 Å². The quantitative estimate of drug-likeness (QED) is 0.439. The molecule has 180 valence electrons. The van der Waals surface area contributed by atoms with Gasteiger partial charge in [-0.1, -0.05) is 39.2 Å². The van der Waals surface area contributed by atoms with Gasteiger partial charge in [-0.25, -0.2) is 9.59 Å². The molecule has 0 radical (unpaired) electrons. The van der Waals surface area contributed by atoms with E-state index in [0.29, 0.717) is 17.8 Å². The monoisotopic (exact) mass is 460 g/mol. The number of fused-ring (bicyclic) bond motifs is 1. The Hall–Kier alpha value is -2.10. The number of cyclic esters (lactones) is 1. The number of esters is 2. The molecule has 34 heavy (non-hydrogen) atoms. The molecule has 4 heteroatoms. The minimum atomic E-state index is -0.457. The van der Waals surface area contributed by atoms with Gasteiger partial charge >= 0.3 is 11.9 Å². The summed E-state index contributed by atoms with van der Waals surface area (Å²) in [6.07, 6.45) is 17.8. The van der Waals surface area contributed by atoms with Gasteiger partial charge in [0.25, 0.3) is 0 Å². The van der Waals surface area contributed by atoms with Crippen molar-refractivity contribution in [1.29, 1.82) is 0 Å². The van der Waals surface area contributed by atoms with E-state index in [1.165, 1.54) is 36.8 Å². The van der Waals surface area contributed by atoms with Crippen molar-refractivity contribution < 1.29 is 19.1 Å². The molecule has 0 aromatic heterocycles. The summed E-state index contributed by atoms with van der Waals surface area (Å²) >= 11 is 0. The molecule has 0 aromatic carbocycles. The highest BCUT2D eigenvalue weighted by atomic mass is 16.5. The number of hydrogen-bond donors (Lipinski definition) is 0. The first-order chi connectivity index (χ1) is 16.5. The fourth-order valence-corrected chi connectivity index (χ4v) is 9.35. The van der Waals surface area contributed by atoms with E-state index in [-0.39, 0.29) is 23.3 Å².